The van der Waals surface area contributed by atoms with Gasteiger partial charge >= 0.3 is 0 Å². The molecule has 1 aromatic rings. The molecule has 1 aromatic carbocycles. The summed E-state index contributed by atoms with van der Waals surface area (Å²) in [5.74, 6) is -3.61. The van der Waals surface area contributed by atoms with Crippen molar-refractivity contribution in [2.75, 3.05) is 0 Å². The first kappa shape index (κ1) is 34.8. The number of phenols is 2. The summed E-state index contributed by atoms with van der Waals surface area (Å²) in [6, 6.07) is 3.65. The monoisotopic (exact) mass is 602 g/mol. The molecule has 0 heterocycles. The highest BCUT2D eigenvalue weighted by Crippen LogP contribution is 2.66. The highest BCUT2D eigenvalue weighted by atomic mass is 16.3. The number of aliphatic hydroxyl groups excluding tert-OH is 1. The molecule has 2 saturated carbocycles. The summed E-state index contributed by atoms with van der Waals surface area (Å²) in [7, 11) is 0. The van der Waals surface area contributed by atoms with Crippen LogP contribution in [0.2, 0.25) is 0 Å². The number of carbonyl (C=O) groups is 3. The second kappa shape index (κ2) is 12.7. The number of rotatable bonds is 10. The highest BCUT2D eigenvalue weighted by Gasteiger charge is 2.74. The van der Waals surface area contributed by atoms with Gasteiger partial charge in [-0.15, -0.1) is 0 Å². The predicted octanol–water partition coefficient (Wildman–Crippen LogP) is 8.76. The van der Waals surface area contributed by atoms with E-state index in [9.17, 15) is 24.9 Å². The minimum absolute atomic E-state index is 0.0110. The molecule has 2 unspecified atom stereocenters. The van der Waals surface area contributed by atoms with Gasteiger partial charge in [0.1, 0.15) is 16.7 Å². The van der Waals surface area contributed by atoms with E-state index in [1.54, 1.807) is 0 Å². The highest BCUT2D eigenvalue weighted by molar-refractivity contribution is 6.41. The van der Waals surface area contributed by atoms with Crippen LogP contribution in [0.4, 0.5) is 0 Å². The zero-order valence-corrected chi connectivity index (χ0v) is 27.9. The van der Waals surface area contributed by atoms with Gasteiger partial charge in [0.05, 0.1) is 5.41 Å². The van der Waals surface area contributed by atoms with Gasteiger partial charge in [0.2, 0.25) is 0 Å². The molecule has 6 heteroatoms. The van der Waals surface area contributed by atoms with Crippen molar-refractivity contribution in [1.82, 2.24) is 0 Å². The van der Waals surface area contributed by atoms with Crippen LogP contribution in [0, 0.1) is 28.1 Å². The maximum atomic E-state index is 15.2. The molecule has 3 N–H and O–H groups in total. The Kier molecular flexibility index (Phi) is 10.1. The summed E-state index contributed by atoms with van der Waals surface area (Å²) < 4.78 is 0. The number of aromatic hydroxyl groups is 2. The molecule has 3 rings (SSSR count). The Bertz CT molecular complexity index is 1490. The number of hydrogen-bond acceptors (Lipinski definition) is 6. The van der Waals surface area contributed by atoms with E-state index in [4.69, 9.17) is 0 Å². The smallest absolute Gasteiger partial charge is 0.184 e. The average molecular weight is 603 g/mol. The minimum atomic E-state index is -1.62. The van der Waals surface area contributed by atoms with Crippen molar-refractivity contribution in [3.05, 3.63) is 76.4 Å². The maximum Gasteiger partial charge on any atom is 0.184 e. The van der Waals surface area contributed by atoms with E-state index >= 15 is 4.79 Å². The number of ketones is 3. The summed E-state index contributed by atoms with van der Waals surface area (Å²) in [4.78, 5) is 44.9. The number of phenolic OH excluding ortho intramolecular Hbond substituents is 2. The molecular formula is C38H50O6. The van der Waals surface area contributed by atoms with Crippen molar-refractivity contribution >= 4 is 23.1 Å². The first-order chi connectivity index (χ1) is 20.3. The molecule has 0 saturated heterocycles. The second-order valence-electron chi connectivity index (χ2n) is 14.3. The van der Waals surface area contributed by atoms with Crippen LogP contribution in [0.25, 0.3) is 5.76 Å². The van der Waals surface area contributed by atoms with Gasteiger partial charge in [-0.25, -0.2) is 0 Å². The lowest BCUT2D eigenvalue weighted by atomic mass is 9.38. The Balaban J connectivity index is 2.47. The fraction of sp³-hybridized carbons (Fsp3) is 0.500. The number of hydrogen-bond donors (Lipinski definition) is 3. The topological polar surface area (TPSA) is 112 Å². The van der Waals surface area contributed by atoms with Crippen molar-refractivity contribution in [2.45, 2.75) is 94.4 Å². The molecule has 44 heavy (non-hydrogen) atoms. The Morgan fingerprint density at radius 1 is 0.909 bits per heavy atom. The van der Waals surface area contributed by atoms with Gasteiger partial charge in [0.15, 0.2) is 28.8 Å². The molecule has 0 amide bonds. The van der Waals surface area contributed by atoms with E-state index < -0.39 is 50.6 Å². The molecule has 6 nitrogen and oxygen atoms in total. The van der Waals surface area contributed by atoms with E-state index in [1.165, 1.54) is 12.1 Å². The van der Waals surface area contributed by atoms with Crippen molar-refractivity contribution in [3.8, 4) is 11.5 Å². The van der Waals surface area contributed by atoms with Crippen molar-refractivity contribution < 1.29 is 29.7 Å². The molecular weight excluding hydrogens is 552 g/mol. The lowest BCUT2D eigenvalue weighted by Gasteiger charge is -2.60. The van der Waals surface area contributed by atoms with Crippen molar-refractivity contribution in [3.63, 3.8) is 0 Å². The normalized spacial score (nSPS) is 26.0. The van der Waals surface area contributed by atoms with E-state index in [0.29, 0.717) is 12.8 Å². The van der Waals surface area contributed by atoms with Gasteiger partial charge in [-0.05, 0) is 116 Å². The van der Waals surface area contributed by atoms with Crippen LogP contribution >= 0.6 is 0 Å². The standard InChI is InChI=1S/C38H50O6/c1-22(2)11-13-27(25(7)8)20-37-21-28(15-12-23(3)4)36(9,10)38(35(37)44,18-17-24(5)6)34(43)31(33(37)42)32(41)26-14-16-29(39)30(40)19-26/h11-12,14,16-17,19,27-28,39-41H,7,13,15,18,20-21H2,1-6,8-10H3/b32-31-/t27-,28+,37?,38?/m0/s1. The van der Waals surface area contributed by atoms with Crippen molar-refractivity contribution in [1.29, 1.82) is 0 Å². The molecule has 0 spiro atoms. The molecule has 2 bridgehead atoms. The molecule has 0 radical (unpaired) electrons. The molecule has 2 fully saturated rings. The lowest BCUT2D eigenvalue weighted by molar-refractivity contribution is -0.177. The third-order valence-electron chi connectivity index (χ3n) is 10.0. The van der Waals surface area contributed by atoms with Gasteiger partial charge in [0.25, 0.3) is 0 Å². The predicted molar refractivity (Wildman–Crippen MR) is 176 cm³/mol. The third-order valence-corrected chi connectivity index (χ3v) is 10.0. The summed E-state index contributed by atoms with van der Waals surface area (Å²) in [6.07, 6.45) is 7.79. The van der Waals surface area contributed by atoms with Gasteiger partial charge in [0, 0.05) is 5.56 Å². The van der Waals surface area contributed by atoms with Gasteiger partial charge in [-0.1, -0.05) is 60.9 Å². The van der Waals surface area contributed by atoms with Gasteiger partial charge in [-0.2, -0.15) is 0 Å². The number of aliphatic hydroxyl groups is 1. The van der Waals surface area contributed by atoms with E-state index in [2.05, 4.69) is 18.7 Å². The zero-order chi connectivity index (χ0) is 33.4. The molecule has 2 aliphatic carbocycles. The number of benzene rings is 1. The first-order valence-electron chi connectivity index (χ1n) is 15.5. The van der Waals surface area contributed by atoms with E-state index in [1.807, 2.05) is 68.4 Å². The van der Waals surface area contributed by atoms with Crippen LogP contribution < -0.4 is 0 Å². The van der Waals surface area contributed by atoms with E-state index in [0.717, 1.165) is 28.4 Å². The molecule has 0 aliphatic heterocycles. The van der Waals surface area contributed by atoms with Crippen LogP contribution in [-0.4, -0.2) is 32.7 Å². The fourth-order valence-electron chi connectivity index (χ4n) is 7.08. The number of allylic oxidation sites excluding steroid dienone is 8. The second-order valence-corrected chi connectivity index (χ2v) is 14.3. The fourth-order valence-corrected chi connectivity index (χ4v) is 7.08. The SMILES string of the molecule is C=C(C)[C@@H](CC=C(C)C)CC12C[C@@H](CC=C(C)C)C(C)(C)C(CC=C(C)C)(C(=O)/C(=C(\O)c3ccc(O)c(O)c3)C1=O)C2=O. The summed E-state index contributed by atoms with van der Waals surface area (Å²) in [5.41, 5.74) is -0.453. The largest absolute Gasteiger partial charge is 0.506 e. The van der Waals surface area contributed by atoms with Crippen LogP contribution in [0.3, 0.4) is 0 Å². The number of Topliss-reactive ketones (excluding diaryl/α,β-unsaturated/α-hetero) is 3. The Hall–Kier alpha value is -3.67. The summed E-state index contributed by atoms with van der Waals surface area (Å²) in [6.45, 7) is 21.9. The average Bonchev–Trinajstić information content (AvgIpc) is 2.91. The quantitative estimate of drug-likeness (QED) is 0.0616. The van der Waals surface area contributed by atoms with Crippen LogP contribution in [0.1, 0.15) is 100.0 Å². The minimum Gasteiger partial charge on any atom is -0.506 e. The molecule has 238 valence electrons. The third kappa shape index (κ3) is 6.00. The van der Waals surface area contributed by atoms with Crippen molar-refractivity contribution in [2.24, 2.45) is 28.1 Å². The zero-order valence-electron chi connectivity index (χ0n) is 27.9. The first-order valence-corrected chi connectivity index (χ1v) is 15.5. The Labute approximate surface area is 263 Å². The molecule has 2 aliphatic rings. The number of carbonyl (C=O) groups excluding carboxylic acids is 3. The maximum absolute atomic E-state index is 15.2. The van der Waals surface area contributed by atoms with Gasteiger partial charge in [-0.3, -0.25) is 14.4 Å². The Morgan fingerprint density at radius 2 is 1.50 bits per heavy atom. The van der Waals surface area contributed by atoms with Crippen LogP contribution in [-0.2, 0) is 14.4 Å². The summed E-state index contributed by atoms with van der Waals surface area (Å²) in [5, 5.41) is 31.7. The molecule has 0 aromatic heterocycles. The van der Waals surface area contributed by atoms with Gasteiger partial charge < -0.3 is 15.3 Å². The lowest BCUT2D eigenvalue weighted by Crippen LogP contribution is -2.69. The van der Waals surface area contributed by atoms with Crippen LogP contribution in [0.15, 0.2) is 70.9 Å². The Morgan fingerprint density at radius 3 is 2.02 bits per heavy atom. The van der Waals surface area contributed by atoms with Crippen LogP contribution in [0.5, 0.6) is 11.5 Å². The number of fused-ring (bicyclic) bond motifs is 2. The summed E-state index contributed by atoms with van der Waals surface area (Å²) >= 11 is 0. The molecule has 4 atom stereocenters. The van der Waals surface area contributed by atoms with E-state index in [-0.39, 0.29) is 42.4 Å².